The van der Waals surface area contributed by atoms with Crippen molar-refractivity contribution in [2.45, 2.75) is 28.5 Å². The molecule has 3 aromatic carbocycles. The molecule has 3 nitrogen and oxygen atoms in total. The number of hydrogen-bond donors (Lipinski definition) is 0. The zero-order valence-electron chi connectivity index (χ0n) is 14.1. The number of hydrogen-bond acceptors (Lipinski definition) is 2. The lowest BCUT2D eigenvalue weighted by Gasteiger charge is -2.12. The molecule has 0 fully saturated rings. The van der Waals surface area contributed by atoms with E-state index in [4.69, 9.17) is 0 Å². The van der Waals surface area contributed by atoms with E-state index >= 15 is 0 Å². The van der Waals surface area contributed by atoms with Crippen molar-refractivity contribution in [2.24, 2.45) is 3.77 Å². The van der Waals surface area contributed by atoms with Gasteiger partial charge in [0.2, 0.25) is 0 Å². The van der Waals surface area contributed by atoms with E-state index in [9.17, 15) is 8.42 Å². The van der Waals surface area contributed by atoms with Gasteiger partial charge in [0.15, 0.2) is 0 Å². The van der Waals surface area contributed by atoms with Crippen molar-refractivity contribution in [3.05, 3.63) is 90.0 Å². The highest BCUT2D eigenvalue weighted by Gasteiger charge is 2.17. The summed E-state index contributed by atoms with van der Waals surface area (Å²) in [6, 6.07) is 24.1. The second kappa shape index (κ2) is 7.33. The molecule has 5 heteroatoms. The highest BCUT2D eigenvalue weighted by Crippen LogP contribution is 2.25. The summed E-state index contributed by atoms with van der Waals surface area (Å²) in [5, 5.41) is 0. The van der Waals surface area contributed by atoms with E-state index in [-0.39, 0.29) is 4.90 Å². The van der Waals surface area contributed by atoms with Crippen LogP contribution < -0.4 is 0 Å². The first-order chi connectivity index (χ1) is 12.0. The van der Waals surface area contributed by atoms with Crippen LogP contribution in [0.4, 0.5) is 0 Å². The molecule has 3 rings (SSSR count). The quantitative estimate of drug-likeness (QED) is 0.656. The predicted octanol–water partition coefficient (Wildman–Crippen LogP) is 4.91. The van der Waals surface area contributed by atoms with Gasteiger partial charge in [0.05, 0.1) is 4.90 Å². The Labute approximate surface area is 151 Å². The molecule has 0 aliphatic rings. The second-order valence-electron chi connectivity index (χ2n) is 5.73. The minimum atomic E-state index is -3.75. The van der Waals surface area contributed by atoms with Crippen LogP contribution in [0.2, 0.25) is 0 Å². The summed E-state index contributed by atoms with van der Waals surface area (Å²) in [5.41, 5.74) is 2.04. The van der Waals surface area contributed by atoms with Crippen LogP contribution in [0.3, 0.4) is 0 Å². The van der Waals surface area contributed by atoms with Crippen LogP contribution in [0.25, 0.3) is 0 Å². The third-order valence-corrected chi connectivity index (χ3v) is 7.60. The Morgan fingerprint density at radius 1 is 0.760 bits per heavy atom. The lowest BCUT2D eigenvalue weighted by Crippen LogP contribution is -2.03. The molecular formula is C20H19NO2S2. The molecule has 0 bridgehead atoms. The molecule has 128 valence electrons. The van der Waals surface area contributed by atoms with Crippen LogP contribution in [-0.4, -0.2) is 8.42 Å². The van der Waals surface area contributed by atoms with E-state index < -0.39 is 20.7 Å². The van der Waals surface area contributed by atoms with Crippen LogP contribution in [0.15, 0.2) is 97.3 Å². The van der Waals surface area contributed by atoms with Crippen LogP contribution >= 0.6 is 0 Å². The minimum Gasteiger partial charge on any atom is -0.199 e. The lowest BCUT2D eigenvalue weighted by atomic mass is 10.2. The van der Waals surface area contributed by atoms with E-state index in [0.29, 0.717) is 0 Å². The highest BCUT2D eigenvalue weighted by molar-refractivity contribution is 8.00. The van der Waals surface area contributed by atoms with Gasteiger partial charge in [-0.15, -0.1) is 3.77 Å². The SMILES string of the molecule is Cc1ccc(S(=O)(=O)N=S(c2ccccc2)c2ccccc2C)cc1. The Balaban J connectivity index is 2.19. The van der Waals surface area contributed by atoms with Gasteiger partial charge in [0.25, 0.3) is 10.0 Å². The molecule has 0 radical (unpaired) electrons. The molecule has 1 unspecified atom stereocenters. The highest BCUT2D eigenvalue weighted by atomic mass is 32.3. The van der Waals surface area contributed by atoms with E-state index in [1.807, 2.05) is 68.4 Å². The van der Waals surface area contributed by atoms with Gasteiger partial charge in [-0.25, -0.2) is 0 Å². The number of benzene rings is 3. The first-order valence-electron chi connectivity index (χ1n) is 7.87. The Morgan fingerprint density at radius 3 is 2.00 bits per heavy atom. The maximum Gasteiger partial charge on any atom is 0.288 e. The molecule has 3 aromatic rings. The maximum atomic E-state index is 12.9. The zero-order chi connectivity index (χ0) is 17.9. The topological polar surface area (TPSA) is 46.5 Å². The molecule has 1 atom stereocenters. The monoisotopic (exact) mass is 369 g/mol. The molecule has 0 aromatic heterocycles. The van der Waals surface area contributed by atoms with Gasteiger partial charge >= 0.3 is 0 Å². The van der Waals surface area contributed by atoms with E-state index in [1.54, 1.807) is 24.3 Å². The van der Waals surface area contributed by atoms with Crippen molar-refractivity contribution in [3.8, 4) is 0 Å². The van der Waals surface area contributed by atoms with Crippen molar-refractivity contribution in [2.75, 3.05) is 0 Å². The minimum absolute atomic E-state index is 0.222. The Morgan fingerprint density at radius 2 is 1.36 bits per heavy atom. The third kappa shape index (κ3) is 4.06. The van der Waals surface area contributed by atoms with Crippen LogP contribution in [0.1, 0.15) is 11.1 Å². The summed E-state index contributed by atoms with van der Waals surface area (Å²) in [6.45, 7) is 3.90. The fourth-order valence-electron chi connectivity index (χ4n) is 2.38. The molecule has 0 aliphatic carbocycles. The Hall–Kier alpha value is -2.24. The van der Waals surface area contributed by atoms with Gasteiger partial charge in [-0.05, 0) is 60.4 Å². The fraction of sp³-hybridized carbons (Fsp3) is 0.100. The van der Waals surface area contributed by atoms with Gasteiger partial charge in [-0.3, -0.25) is 0 Å². The lowest BCUT2D eigenvalue weighted by molar-refractivity contribution is 0.598. The van der Waals surface area contributed by atoms with E-state index in [2.05, 4.69) is 3.77 Å². The largest absolute Gasteiger partial charge is 0.288 e. The van der Waals surface area contributed by atoms with Gasteiger partial charge < -0.3 is 0 Å². The van der Waals surface area contributed by atoms with Crippen molar-refractivity contribution < 1.29 is 8.42 Å². The first kappa shape index (κ1) is 17.6. The van der Waals surface area contributed by atoms with Gasteiger partial charge in [-0.2, -0.15) is 8.42 Å². The van der Waals surface area contributed by atoms with Crippen molar-refractivity contribution in [1.29, 1.82) is 0 Å². The third-order valence-electron chi connectivity index (χ3n) is 3.76. The molecule has 0 N–H and O–H groups in total. The summed E-state index contributed by atoms with van der Waals surface area (Å²) >= 11 is 0. The van der Waals surface area contributed by atoms with E-state index in [0.717, 1.165) is 20.9 Å². The van der Waals surface area contributed by atoms with Gasteiger partial charge in [0.1, 0.15) is 0 Å². The predicted molar refractivity (Wildman–Crippen MR) is 102 cm³/mol. The number of aryl methyl sites for hydroxylation is 2. The zero-order valence-corrected chi connectivity index (χ0v) is 15.7. The Kier molecular flexibility index (Phi) is 5.16. The normalized spacial score (nSPS) is 12.9. The summed E-state index contributed by atoms with van der Waals surface area (Å²) in [5.74, 6) is 0. The van der Waals surface area contributed by atoms with Crippen LogP contribution in [0.5, 0.6) is 0 Å². The molecule has 0 amide bonds. The second-order valence-corrected chi connectivity index (χ2v) is 9.22. The number of rotatable bonds is 4. The summed E-state index contributed by atoms with van der Waals surface area (Å²) in [6.07, 6.45) is 0. The van der Waals surface area contributed by atoms with Crippen LogP contribution in [-0.2, 0) is 20.7 Å². The molecule has 0 saturated heterocycles. The van der Waals surface area contributed by atoms with Crippen molar-refractivity contribution in [1.82, 2.24) is 0 Å². The first-order valence-corrected chi connectivity index (χ1v) is 10.5. The van der Waals surface area contributed by atoms with Crippen LogP contribution in [0, 0.1) is 13.8 Å². The summed E-state index contributed by atoms with van der Waals surface area (Å²) in [4.78, 5) is 2.02. The summed E-state index contributed by atoms with van der Waals surface area (Å²) < 4.78 is 30.0. The Bertz CT molecular complexity index is 1010. The fourth-order valence-corrected chi connectivity index (χ4v) is 5.91. The number of nitrogens with zero attached hydrogens (tertiary/aromatic N) is 1. The molecule has 0 heterocycles. The molecule has 25 heavy (non-hydrogen) atoms. The molecule has 0 spiro atoms. The maximum absolute atomic E-state index is 12.9. The molecule has 0 aliphatic heterocycles. The van der Waals surface area contributed by atoms with E-state index in [1.165, 1.54) is 0 Å². The van der Waals surface area contributed by atoms with Gasteiger partial charge in [-0.1, -0.05) is 54.1 Å². The van der Waals surface area contributed by atoms with Gasteiger partial charge in [0, 0.05) is 9.79 Å². The average molecular weight is 370 g/mol. The molecule has 0 saturated carbocycles. The van der Waals surface area contributed by atoms with Crippen molar-refractivity contribution >= 4 is 20.7 Å². The average Bonchev–Trinajstić information content (AvgIpc) is 2.61. The van der Waals surface area contributed by atoms with Crippen molar-refractivity contribution in [3.63, 3.8) is 0 Å². The number of sulfonamides is 1. The smallest absolute Gasteiger partial charge is 0.199 e. The summed E-state index contributed by atoms with van der Waals surface area (Å²) in [7, 11) is -4.65. The standard InChI is InChI=1S/C20H19NO2S2/c1-16-12-14-19(15-13-16)25(22,23)21-24(18-9-4-3-5-10-18)20-11-7-6-8-17(20)2/h3-15H,1-2H3. The molecular weight excluding hydrogens is 350 g/mol.